The van der Waals surface area contributed by atoms with Crippen molar-refractivity contribution in [2.75, 3.05) is 24.2 Å². The lowest BCUT2D eigenvalue weighted by Crippen LogP contribution is -2.26. The summed E-state index contributed by atoms with van der Waals surface area (Å²) in [5.41, 5.74) is 2.42. The molecule has 2 N–H and O–H groups in total. The predicted molar refractivity (Wildman–Crippen MR) is 122 cm³/mol. The van der Waals surface area contributed by atoms with E-state index in [1.54, 1.807) is 30.3 Å². The molecule has 0 saturated carbocycles. The van der Waals surface area contributed by atoms with Crippen LogP contribution in [0.25, 0.3) is 0 Å². The van der Waals surface area contributed by atoms with Crippen molar-refractivity contribution in [3.05, 3.63) is 65.2 Å². The molecule has 0 bridgehead atoms. The number of anilines is 1. The molecule has 0 radical (unpaired) electrons. The van der Waals surface area contributed by atoms with Gasteiger partial charge in [-0.25, -0.2) is 8.42 Å². The summed E-state index contributed by atoms with van der Waals surface area (Å²) in [5, 5.41) is 5.38. The van der Waals surface area contributed by atoms with Gasteiger partial charge in [-0.3, -0.25) is 9.59 Å². The van der Waals surface area contributed by atoms with Gasteiger partial charge < -0.3 is 15.4 Å². The largest absolute Gasteiger partial charge is 0.379 e. The first-order valence-corrected chi connectivity index (χ1v) is 12.0. The number of hydrogen-bond acceptors (Lipinski definition) is 5. The average molecular weight is 447 g/mol. The van der Waals surface area contributed by atoms with Crippen LogP contribution in [-0.4, -0.2) is 45.2 Å². The minimum atomic E-state index is -3.70. The topological polar surface area (TPSA) is 102 Å². The molecule has 0 fully saturated rings. The fourth-order valence-electron chi connectivity index (χ4n) is 2.84. The summed E-state index contributed by atoms with van der Waals surface area (Å²) < 4.78 is 30.3. The highest BCUT2D eigenvalue weighted by Crippen LogP contribution is 2.12. The molecule has 168 valence electrons. The Morgan fingerprint density at radius 1 is 1.06 bits per heavy atom. The highest BCUT2D eigenvalue weighted by Gasteiger charge is 2.18. The molecule has 8 heteroatoms. The molecule has 2 amide bonds. The van der Waals surface area contributed by atoms with Gasteiger partial charge in [0.25, 0.3) is 5.91 Å². The van der Waals surface area contributed by atoms with E-state index in [-0.39, 0.29) is 17.8 Å². The summed E-state index contributed by atoms with van der Waals surface area (Å²) in [6.45, 7) is 6.84. The molecule has 0 aliphatic rings. The van der Waals surface area contributed by atoms with Gasteiger partial charge in [-0.05, 0) is 57.0 Å². The molecular weight excluding hydrogens is 416 g/mol. The maximum absolute atomic E-state index is 12.5. The highest BCUT2D eigenvalue weighted by atomic mass is 32.2. The smallest absolute Gasteiger partial charge is 0.251 e. The van der Waals surface area contributed by atoms with Crippen molar-refractivity contribution < 1.29 is 22.7 Å². The second-order valence-corrected chi connectivity index (χ2v) is 9.74. The number of carbonyl (C=O) groups is 2. The summed E-state index contributed by atoms with van der Waals surface area (Å²) in [5.74, 6) is -1.83. The fraction of sp³-hybridized carbons (Fsp3) is 0.391. The lowest BCUT2D eigenvalue weighted by atomic mass is 10.1. The van der Waals surface area contributed by atoms with Crippen molar-refractivity contribution in [1.82, 2.24) is 5.32 Å². The number of aryl methyl sites for hydroxylation is 1. The number of sulfone groups is 1. The molecule has 0 aliphatic carbocycles. The van der Waals surface area contributed by atoms with Crippen LogP contribution in [0.5, 0.6) is 0 Å². The first-order valence-electron chi connectivity index (χ1n) is 10.2. The molecule has 2 aromatic rings. The number of hydrogen-bond donors (Lipinski definition) is 2. The third kappa shape index (κ3) is 9.31. The van der Waals surface area contributed by atoms with Crippen LogP contribution in [0, 0.1) is 6.92 Å². The van der Waals surface area contributed by atoms with Gasteiger partial charge in [0, 0.05) is 24.4 Å². The normalized spacial score (nSPS) is 11.4. The van der Waals surface area contributed by atoms with Gasteiger partial charge in [0.2, 0.25) is 5.91 Å². The van der Waals surface area contributed by atoms with Gasteiger partial charge in [0.05, 0.1) is 11.9 Å². The lowest BCUT2D eigenvalue weighted by Gasteiger charge is -2.10. The van der Waals surface area contributed by atoms with Gasteiger partial charge in [-0.15, -0.1) is 0 Å². The maximum Gasteiger partial charge on any atom is 0.251 e. The Hall–Kier alpha value is -2.71. The van der Waals surface area contributed by atoms with Gasteiger partial charge in [-0.2, -0.15) is 0 Å². The summed E-state index contributed by atoms with van der Waals surface area (Å²) >= 11 is 0. The van der Waals surface area contributed by atoms with Crippen LogP contribution in [0.1, 0.15) is 41.8 Å². The molecule has 0 aliphatic heterocycles. The van der Waals surface area contributed by atoms with E-state index in [9.17, 15) is 18.0 Å². The van der Waals surface area contributed by atoms with Crippen LogP contribution < -0.4 is 10.6 Å². The summed E-state index contributed by atoms with van der Waals surface area (Å²) in [6, 6.07) is 13.5. The van der Waals surface area contributed by atoms with E-state index in [0.717, 1.165) is 5.56 Å². The third-order valence-corrected chi connectivity index (χ3v) is 5.80. The average Bonchev–Trinajstić information content (AvgIpc) is 2.68. The number of amides is 2. The molecule has 0 aromatic heterocycles. The Labute approximate surface area is 184 Å². The summed E-state index contributed by atoms with van der Waals surface area (Å²) in [7, 11) is -3.70. The van der Waals surface area contributed by atoms with E-state index in [2.05, 4.69) is 10.6 Å². The number of benzene rings is 2. The van der Waals surface area contributed by atoms with Crippen molar-refractivity contribution in [1.29, 1.82) is 0 Å². The Bertz CT molecular complexity index is 985. The number of nitrogens with one attached hydrogen (secondary N) is 2. The van der Waals surface area contributed by atoms with Crippen LogP contribution >= 0.6 is 0 Å². The first kappa shape index (κ1) is 24.6. The molecule has 0 unspecified atom stereocenters. The van der Waals surface area contributed by atoms with E-state index in [1.165, 1.54) is 6.07 Å². The SMILES string of the molecule is Cc1ccc(NC(=O)CS(=O)(=O)Cc2cccc(C(=O)NCCCOC(C)C)c2)cc1. The van der Waals surface area contributed by atoms with Crippen molar-refractivity contribution in [2.24, 2.45) is 0 Å². The number of rotatable bonds is 11. The van der Waals surface area contributed by atoms with Crippen LogP contribution in [0.15, 0.2) is 48.5 Å². The third-order valence-electron chi connectivity index (χ3n) is 4.32. The molecule has 2 aromatic carbocycles. The van der Waals surface area contributed by atoms with Crippen LogP contribution in [0.2, 0.25) is 0 Å². The Kier molecular flexibility index (Phi) is 9.21. The molecule has 0 saturated heterocycles. The number of carbonyl (C=O) groups excluding carboxylic acids is 2. The Morgan fingerprint density at radius 3 is 2.45 bits per heavy atom. The zero-order chi connectivity index (χ0) is 22.9. The van der Waals surface area contributed by atoms with E-state index in [1.807, 2.05) is 32.9 Å². The van der Waals surface area contributed by atoms with Crippen LogP contribution in [0.4, 0.5) is 5.69 Å². The molecule has 0 heterocycles. The van der Waals surface area contributed by atoms with Crippen molar-refractivity contribution >= 4 is 27.3 Å². The zero-order valence-electron chi connectivity index (χ0n) is 18.2. The minimum Gasteiger partial charge on any atom is -0.379 e. The monoisotopic (exact) mass is 446 g/mol. The summed E-state index contributed by atoms with van der Waals surface area (Å²) in [6.07, 6.45) is 0.835. The van der Waals surface area contributed by atoms with E-state index in [4.69, 9.17) is 4.74 Å². The molecule has 31 heavy (non-hydrogen) atoms. The standard InChI is InChI=1S/C23H30N2O5S/c1-17(2)30-13-5-12-24-23(27)20-7-4-6-19(14-20)15-31(28,29)16-22(26)25-21-10-8-18(3)9-11-21/h4,6-11,14,17H,5,12-13,15-16H2,1-3H3,(H,24,27)(H,25,26). The maximum atomic E-state index is 12.5. The van der Waals surface area contributed by atoms with Crippen molar-refractivity contribution in [2.45, 2.75) is 39.0 Å². The fourth-order valence-corrected chi connectivity index (χ4v) is 4.10. The zero-order valence-corrected chi connectivity index (χ0v) is 19.0. The molecule has 0 spiro atoms. The van der Waals surface area contributed by atoms with Crippen molar-refractivity contribution in [3.63, 3.8) is 0 Å². The Balaban J connectivity index is 1.89. The molecular formula is C23H30N2O5S. The summed E-state index contributed by atoms with van der Waals surface area (Å²) in [4.78, 5) is 24.4. The second-order valence-electron chi connectivity index (χ2n) is 7.68. The quantitative estimate of drug-likeness (QED) is 0.517. The van der Waals surface area contributed by atoms with Gasteiger partial charge in [0.1, 0.15) is 5.75 Å². The van der Waals surface area contributed by atoms with Crippen LogP contribution in [-0.2, 0) is 25.1 Å². The lowest BCUT2D eigenvalue weighted by molar-refractivity contribution is -0.113. The molecule has 0 atom stereocenters. The van der Waals surface area contributed by atoms with E-state index in [0.29, 0.717) is 36.4 Å². The van der Waals surface area contributed by atoms with E-state index < -0.39 is 21.5 Å². The van der Waals surface area contributed by atoms with Gasteiger partial charge in [0.15, 0.2) is 9.84 Å². The van der Waals surface area contributed by atoms with Crippen LogP contribution in [0.3, 0.4) is 0 Å². The van der Waals surface area contributed by atoms with Gasteiger partial charge >= 0.3 is 0 Å². The predicted octanol–water partition coefficient (Wildman–Crippen LogP) is 3.09. The highest BCUT2D eigenvalue weighted by molar-refractivity contribution is 7.91. The number of ether oxygens (including phenoxy) is 1. The minimum absolute atomic E-state index is 0.147. The molecule has 7 nitrogen and oxygen atoms in total. The van der Waals surface area contributed by atoms with E-state index >= 15 is 0 Å². The van der Waals surface area contributed by atoms with Gasteiger partial charge in [-0.1, -0.05) is 29.8 Å². The second kappa shape index (κ2) is 11.6. The Morgan fingerprint density at radius 2 is 1.77 bits per heavy atom. The van der Waals surface area contributed by atoms with Crippen molar-refractivity contribution in [3.8, 4) is 0 Å². The first-order chi connectivity index (χ1) is 14.6. The molecule has 2 rings (SSSR count).